The van der Waals surface area contributed by atoms with Gasteiger partial charge in [-0.1, -0.05) is 18.2 Å². The molecule has 0 amide bonds. The predicted octanol–water partition coefficient (Wildman–Crippen LogP) is 2.22. The summed E-state index contributed by atoms with van der Waals surface area (Å²) in [5.41, 5.74) is 0.207. The zero-order valence-corrected chi connectivity index (χ0v) is 16.6. The van der Waals surface area contributed by atoms with E-state index < -0.39 is 10.0 Å². The van der Waals surface area contributed by atoms with Gasteiger partial charge in [-0.25, -0.2) is 23.1 Å². The molecule has 4 rings (SSSR count). The van der Waals surface area contributed by atoms with E-state index in [1.165, 1.54) is 0 Å². The van der Waals surface area contributed by atoms with Crippen LogP contribution in [0.15, 0.2) is 53.8 Å². The van der Waals surface area contributed by atoms with Crippen molar-refractivity contribution >= 4 is 15.8 Å². The molecule has 1 spiro atoms. The van der Waals surface area contributed by atoms with E-state index in [9.17, 15) is 8.42 Å². The first-order chi connectivity index (χ1) is 13.6. The van der Waals surface area contributed by atoms with Crippen LogP contribution in [0.5, 0.6) is 0 Å². The van der Waals surface area contributed by atoms with Gasteiger partial charge < -0.3 is 9.64 Å². The fourth-order valence-electron chi connectivity index (χ4n) is 4.04. The zero-order chi connectivity index (χ0) is 19.5. The second-order valence-corrected chi connectivity index (χ2v) is 9.46. The summed E-state index contributed by atoms with van der Waals surface area (Å²) in [6.07, 6.45) is 7.39. The molecule has 3 heterocycles. The van der Waals surface area contributed by atoms with Crippen LogP contribution in [0.2, 0.25) is 0 Å². The summed E-state index contributed by atoms with van der Waals surface area (Å²) >= 11 is 0. The van der Waals surface area contributed by atoms with E-state index >= 15 is 0 Å². The predicted molar refractivity (Wildman–Crippen MR) is 107 cm³/mol. The highest BCUT2D eigenvalue weighted by Gasteiger charge is 2.39. The van der Waals surface area contributed by atoms with Crippen molar-refractivity contribution in [3.63, 3.8) is 0 Å². The van der Waals surface area contributed by atoms with Gasteiger partial charge in [-0.15, -0.1) is 0 Å². The number of sulfonamides is 1. The van der Waals surface area contributed by atoms with Gasteiger partial charge in [0.05, 0.1) is 17.6 Å². The molecule has 7 nitrogen and oxygen atoms in total. The molecule has 2 aliphatic heterocycles. The molecule has 0 bridgehead atoms. The number of hydrogen-bond acceptors (Lipinski definition) is 6. The van der Waals surface area contributed by atoms with Crippen LogP contribution in [0.4, 0.5) is 5.82 Å². The average Bonchev–Trinajstić information content (AvgIpc) is 2.75. The van der Waals surface area contributed by atoms with Gasteiger partial charge in [0.15, 0.2) is 0 Å². The second-order valence-electron chi connectivity index (χ2n) is 7.69. The molecule has 1 atom stereocenters. The molecule has 8 heteroatoms. The third kappa shape index (κ3) is 4.34. The zero-order valence-electron chi connectivity index (χ0n) is 15.8. The first kappa shape index (κ1) is 19.3. The number of aromatic nitrogens is 2. The Labute approximate surface area is 166 Å². The third-order valence-corrected chi connectivity index (χ3v) is 7.33. The molecule has 150 valence electrons. The van der Waals surface area contributed by atoms with Gasteiger partial charge >= 0.3 is 0 Å². The minimum atomic E-state index is -3.48. The van der Waals surface area contributed by atoms with Crippen LogP contribution in [0.25, 0.3) is 0 Å². The second kappa shape index (κ2) is 8.14. The van der Waals surface area contributed by atoms with Crippen molar-refractivity contribution in [2.24, 2.45) is 5.41 Å². The van der Waals surface area contributed by atoms with Gasteiger partial charge in [0.25, 0.3) is 0 Å². The van der Waals surface area contributed by atoms with Gasteiger partial charge in [-0.3, -0.25) is 0 Å². The van der Waals surface area contributed by atoms with E-state index in [1.54, 1.807) is 42.9 Å². The maximum atomic E-state index is 12.4. The van der Waals surface area contributed by atoms with Crippen molar-refractivity contribution < 1.29 is 13.2 Å². The molecule has 2 aliphatic rings. The van der Waals surface area contributed by atoms with E-state index in [-0.39, 0.29) is 11.5 Å². The molecule has 1 N–H and O–H groups in total. The first-order valence-electron chi connectivity index (χ1n) is 9.74. The van der Waals surface area contributed by atoms with Crippen LogP contribution in [0, 0.1) is 5.41 Å². The van der Waals surface area contributed by atoms with Crippen molar-refractivity contribution in [2.75, 3.05) is 31.1 Å². The fourth-order valence-corrected chi connectivity index (χ4v) is 5.13. The quantitative estimate of drug-likeness (QED) is 0.826. The minimum absolute atomic E-state index is 0.0657. The molecule has 2 aromatic rings. The number of ether oxygens (including phenoxy) is 1. The Bertz CT molecular complexity index is 859. The molecule has 2 saturated heterocycles. The van der Waals surface area contributed by atoms with Crippen molar-refractivity contribution in [3.8, 4) is 0 Å². The van der Waals surface area contributed by atoms with Crippen molar-refractivity contribution in [1.29, 1.82) is 0 Å². The van der Waals surface area contributed by atoms with Gasteiger partial charge in [-0.05, 0) is 49.3 Å². The molecule has 28 heavy (non-hydrogen) atoms. The number of nitrogens with zero attached hydrogens (tertiary/aromatic N) is 3. The first-order valence-corrected chi connectivity index (χ1v) is 11.2. The lowest BCUT2D eigenvalue weighted by molar-refractivity contribution is -0.0690. The minimum Gasteiger partial charge on any atom is -0.376 e. The standard InChI is InChI=1S/C20H26N4O3S/c25-28(26,18-4-2-1-3-5-18)23-14-17-6-8-20(15-27-17)9-12-24(13-10-20)19-7-11-21-16-22-19/h1-5,7,11,16-17,23H,6,8-10,12-15H2. The fraction of sp³-hybridized carbons (Fsp3) is 0.500. The van der Waals surface area contributed by atoms with E-state index in [0.717, 1.165) is 44.6 Å². The third-order valence-electron chi connectivity index (χ3n) is 5.89. The molecule has 1 aromatic carbocycles. The van der Waals surface area contributed by atoms with E-state index in [4.69, 9.17) is 4.74 Å². The van der Waals surface area contributed by atoms with Gasteiger partial charge in [-0.2, -0.15) is 0 Å². The Hall–Kier alpha value is -2.03. The molecule has 2 fully saturated rings. The highest BCUT2D eigenvalue weighted by atomic mass is 32.2. The summed E-state index contributed by atoms with van der Waals surface area (Å²) in [6.45, 7) is 2.94. The van der Waals surface area contributed by atoms with Crippen LogP contribution >= 0.6 is 0 Å². The summed E-state index contributed by atoms with van der Waals surface area (Å²) in [5.74, 6) is 0.981. The largest absolute Gasteiger partial charge is 0.376 e. The Morgan fingerprint density at radius 1 is 1.14 bits per heavy atom. The monoisotopic (exact) mass is 402 g/mol. The molecular formula is C20H26N4O3S. The Morgan fingerprint density at radius 2 is 1.93 bits per heavy atom. The molecule has 1 aromatic heterocycles. The molecule has 1 unspecified atom stereocenters. The summed E-state index contributed by atoms with van der Waals surface area (Å²) in [6, 6.07) is 10.4. The highest BCUT2D eigenvalue weighted by molar-refractivity contribution is 7.89. The normalized spacial score (nSPS) is 22.3. The summed E-state index contributed by atoms with van der Waals surface area (Å²) < 4.78 is 33.5. The smallest absolute Gasteiger partial charge is 0.240 e. The van der Waals surface area contributed by atoms with Crippen LogP contribution in [-0.2, 0) is 14.8 Å². The SMILES string of the molecule is O=S(=O)(NCC1CCC2(CCN(c3ccncn3)CC2)CO1)c1ccccc1. The lowest BCUT2D eigenvalue weighted by atomic mass is 9.73. The number of benzene rings is 1. The lowest BCUT2D eigenvalue weighted by Gasteiger charge is -2.46. The topological polar surface area (TPSA) is 84.4 Å². The van der Waals surface area contributed by atoms with E-state index in [2.05, 4.69) is 19.6 Å². The summed E-state index contributed by atoms with van der Waals surface area (Å²) in [4.78, 5) is 10.9. The van der Waals surface area contributed by atoms with Gasteiger partial charge in [0.1, 0.15) is 12.1 Å². The summed E-state index contributed by atoms with van der Waals surface area (Å²) in [7, 11) is -3.48. The van der Waals surface area contributed by atoms with Crippen LogP contribution < -0.4 is 9.62 Å². The number of nitrogens with one attached hydrogen (secondary N) is 1. The van der Waals surface area contributed by atoms with E-state index in [0.29, 0.717) is 18.0 Å². The average molecular weight is 403 g/mol. The molecular weight excluding hydrogens is 376 g/mol. The maximum Gasteiger partial charge on any atom is 0.240 e. The Morgan fingerprint density at radius 3 is 2.57 bits per heavy atom. The Balaban J connectivity index is 1.26. The number of anilines is 1. The van der Waals surface area contributed by atoms with Crippen LogP contribution in [0.1, 0.15) is 25.7 Å². The van der Waals surface area contributed by atoms with E-state index in [1.807, 2.05) is 6.07 Å². The molecule has 0 aliphatic carbocycles. The van der Waals surface area contributed by atoms with Gasteiger partial charge in [0.2, 0.25) is 10.0 Å². The summed E-state index contributed by atoms with van der Waals surface area (Å²) in [5, 5.41) is 0. The molecule has 0 radical (unpaired) electrons. The van der Waals surface area contributed by atoms with Gasteiger partial charge in [0, 0.05) is 25.8 Å². The molecule has 0 saturated carbocycles. The van der Waals surface area contributed by atoms with Crippen molar-refractivity contribution in [2.45, 2.75) is 36.7 Å². The van der Waals surface area contributed by atoms with Crippen molar-refractivity contribution in [3.05, 3.63) is 48.9 Å². The Kier molecular flexibility index (Phi) is 5.61. The maximum absolute atomic E-state index is 12.4. The highest BCUT2D eigenvalue weighted by Crippen LogP contribution is 2.41. The van der Waals surface area contributed by atoms with Crippen LogP contribution in [0.3, 0.4) is 0 Å². The van der Waals surface area contributed by atoms with Crippen molar-refractivity contribution in [1.82, 2.24) is 14.7 Å². The lowest BCUT2D eigenvalue weighted by Crippen LogP contribution is -2.47. The number of rotatable bonds is 5. The van der Waals surface area contributed by atoms with Crippen LogP contribution in [-0.4, -0.2) is 50.7 Å². The number of hydrogen-bond donors (Lipinski definition) is 1. The number of piperidine rings is 1.